The number of hydrogen-bond acceptors (Lipinski definition) is 4. The molecular weight excluding hydrogens is 202 g/mol. The van der Waals surface area contributed by atoms with Crippen molar-refractivity contribution in [3.63, 3.8) is 0 Å². The highest BCUT2D eigenvalue weighted by Gasteiger charge is 2.40. The van der Waals surface area contributed by atoms with Gasteiger partial charge in [0, 0.05) is 0 Å². The van der Waals surface area contributed by atoms with Crippen molar-refractivity contribution in [1.82, 2.24) is 0 Å². The minimum absolute atomic E-state index is 0.127. The molecule has 0 saturated heterocycles. The molecule has 0 radical (unpaired) electrons. The molecule has 0 aromatic rings. The normalized spacial score (nSPS) is 39.7. The topological polar surface area (TPSA) is 69.4 Å². The maximum Gasteiger partial charge on any atom is 0.286 e. The summed E-state index contributed by atoms with van der Waals surface area (Å²) in [4.78, 5) is 0. The minimum atomic E-state index is -3.57. The third-order valence-electron chi connectivity index (χ3n) is 3.14. The predicted octanol–water partition coefficient (Wildman–Crippen LogP) is 1.28. The van der Waals surface area contributed by atoms with Crippen LogP contribution in [-0.2, 0) is 14.4 Å². The van der Waals surface area contributed by atoms with Crippen LogP contribution in [0.4, 0.5) is 0 Å². The molecule has 14 heavy (non-hydrogen) atoms. The Bertz CT molecular complexity index is 276. The van der Waals surface area contributed by atoms with E-state index in [0.717, 1.165) is 12.8 Å². The van der Waals surface area contributed by atoms with Gasteiger partial charge in [-0.1, -0.05) is 20.8 Å². The van der Waals surface area contributed by atoms with Gasteiger partial charge in [0.1, 0.15) is 0 Å². The summed E-state index contributed by atoms with van der Waals surface area (Å²) in [5.74, 6) is 5.65. The van der Waals surface area contributed by atoms with Gasteiger partial charge in [-0.25, -0.2) is 0 Å². The van der Waals surface area contributed by atoms with Crippen LogP contribution in [0.2, 0.25) is 0 Å². The van der Waals surface area contributed by atoms with Crippen molar-refractivity contribution >= 4 is 10.1 Å². The average Bonchev–Trinajstić information content (AvgIpc) is 2.01. The largest absolute Gasteiger partial charge is 0.286 e. The summed E-state index contributed by atoms with van der Waals surface area (Å²) >= 11 is 0. The SMILES string of the molecule is CC1CC(C)C(S(=O)(=O)ON)C(C)C1. The zero-order valence-corrected chi connectivity index (χ0v) is 9.75. The molecular formula is C9H19NO3S. The van der Waals surface area contributed by atoms with Crippen LogP contribution in [-0.4, -0.2) is 13.7 Å². The molecule has 2 unspecified atom stereocenters. The minimum Gasteiger partial charge on any atom is -0.198 e. The molecule has 1 saturated carbocycles. The smallest absolute Gasteiger partial charge is 0.198 e. The lowest BCUT2D eigenvalue weighted by Crippen LogP contribution is -2.41. The van der Waals surface area contributed by atoms with Gasteiger partial charge in [0.25, 0.3) is 10.1 Å². The lowest BCUT2D eigenvalue weighted by molar-refractivity contribution is 0.215. The van der Waals surface area contributed by atoms with E-state index in [1.54, 1.807) is 0 Å². The molecule has 0 amide bonds. The van der Waals surface area contributed by atoms with Crippen molar-refractivity contribution in [2.45, 2.75) is 38.9 Å². The van der Waals surface area contributed by atoms with Crippen LogP contribution < -0.4 is 5.90 Å². The highest BCUT2D eigenvalue weighted by atomic mass is 32.2. The summed E-state index contributed by atoms with van der Waals surface area (Å²) in [6.07, 6.45) is 1.86. The van der Waals surface area contributed by atoms with Crippen molar-refractivity contribution in [3.8, 4) is 0 Å². The zero-order chi connectivity index (χ0) is 10.9. The molecule has 0 aromatic heterocycles. The second kappa shape index (κ2) is 4.16. The first-order valence-electron chi connectivity index (χ1n) is 5.00. The summed E-state index contributed by atoms with van der Waals surface area (Å²) < 4.78 is 27.2. The van der Waals surface area contributed by atoms with Crippen molar-refractivity contribution in [2.24, 2.45) is 23.7 Å². The van der Waals surface area contributed by atoms with Crippen molar-refractivity contribution in [2.75, 3.05) is 0 Å². The molecule has 0 bridgehead atoms. The highest BCUT2D eigenvalue weighted by molar-refractivity contribution is 7.87. The summed E-state index contributed by atoms with van der Waals surface area (Å²) in [6.45, 7) is 6.06. The quantitative estimate of drug-likeness (QED) is 0.713. The van der Waals surface area contributed by atoms with Crippen LogP contribution in [0, 0.1) is 17.8 Å². The fraction of sp³-hybridized carbons (Fsp3) is 1.00. The summed E-state index contributed by atoms with van der Waals surface area (Å²) in [5, 5.41) is -0.441. The molecule has 84 valence electrons. The van der Waals surface area contributed by atoms with E-state index in [9.17, 15) is 8.42 Å². The van der Waals surface area contributed by atoms with Crippen LogP contribution in [0.25, 0.3) is 0 Å². The van der Waals surface area contributed by atoms with E-state index < -0.39 is 15.4 Å². The Hall–Kier alpha value is -0.130. The number of hydrogen-bond donors (Lipinski definition) is 1. The van der Waals surface area contributed by atoms with Gasteiger partial charge in [-0.15, -0.1) is 0 Å². The Morgan fingerprint density at radius 3 is 1.93 bits per heavy atom. The van der Waals surface area contributed by atoms with Crippen LogP contribution in [0.3, 0.4) is 0 Å². The fourth-order valence-corrected chi connectivity index (χ4v) is 4.32. The van der Waals surface area contributed by atoms with Crippen LogP contribution in [0.5, 0.6) is 0 Å². The Morgan fingerprint density at radius 2 is 1.57 bits per heavy atom. The Kier molecular flexibility index (Phi) is 3.55. The molecule has 0 heterocycles. The van der Waals surface area contributed by atoms with E-state index in [1.165, 1.54) is 0 Å². The Balaban J connectivity index is 2.88. The van der Waals surface area contributed by atoms with Gasteiger partial charge in [0.2, 0.25) is 0 Å². The Morgan fingerprint density at radius 1 is 1.14 bits per heavy atom. The third kappa shape index (κ3) is 2.27. The first-order chi connectivity index (χ1) is 6.38. The summed E-state index contributed by atoms with van der Waals surface area (Å²) in [7, 11) is -3.57. The summed E-state index contributed by atoms with van der Waals surface area (Å²) in [6, 6.07) is 0. The lowest BCUT2D eigenvalue weighted by atomic mass is 9.77. The molecule has 2 N–H and O–H groups in total. The monoisotopic (exact) mass is 221 g/mol. The first-order valence-corrected chi connectivity index (χ1v) is 6.47. The maximum absolute atomic E-state index is 11.5. The van der Waals surface area contributed by atoms with Gasteiger partial charge in [-0.2, -0.15) is 18.6 Å². The van der Waals surface area contributed by atoms with Gasteiger partial charge in [0.05, 0.1) is 5.25 Å². The number of rotatable bonds is 2. The van der Waals surface area contributed by atoms with Gasteiger partial charge >= 0.3 is 0 Å². The lowest BCUT2D eigenvalue weighted by Gasteiger charge is -2.36. The molecule has 1 fully saturated rings. The molecule has 1 aliphatic carbocycles. The van der Waals surface area contributed by atoms with Gasteiger partial charge < -0.3 is 0 Å². The van der Waals surface area contributed by atoms with Gasteiger partial charge in [-0.3, -0.25) is 0 Å². The third-order valence-corrected chi connectivity index (χ3v) is 5.00. The van der Waals surface area contributed by atoms with Crippen LogP contribution >= 0.6 is 0 Å². The molecule has 4 nitrogen and oxygen atoms in total. The van der Waals surface area contributed by atoms with Crippen molar-refractivity contribution < 1.29 is 12.7 Å². The number of nitrogens with two attached hydrogens (primary N) is 1. The first kappa shape index (κ1) is 11.9. The van der Waals surface area contributed by atoms with Crippen LogP contribution in [0.1, 0.15) is 33.6 Å². The van der Waals surface area contributed by atoms with Gasteiger partial charge in [-0.05, 0) is 30.6 Å². The van der Waals surface area contributed by atoms with E-state index in [-0.39, 0.29) is 11.8 Å². The van der Waals surface area contributed by atoms with E-state index in [1.807, 2.05) is 13.8 Å². The zero-order valence-electron chi connectivity index (χ0n) is 8.93. The van der Waals surface area contributed by atoms with Crippen molar-refractivity contribution in [3.05, 3.63) is 0 Å². The molecule has 1 rings (SSSR count). The van der Waals surface area contributed by atoms with Crippen LogP contribution in [0.15, 0.2) is 0 Å². The summed E-state index contributed by atoms with van der Waals surface area (Å²) in [5.41, 5.74) is 0. The van der Waals surface area contributed by atoms with E-state index in [0.29, 0.717) is 5.92 Å². The molecule has 0 aromatic carbocycles. The maximum atomic E-state index is 11.5. The molecule has 0 aliphatic heterocycles. The Labute approximate surface area is 85.9 Å². The van der Waals surface area contributed by atoms with E-state index >= 15 is 0 Å². The molecule has 5 heteroatoms. The second-order valence-corrected chi connectivity index (χ2v) is 6.31. The molecule has 0 spiro atoms. The van der Waals surface area contributed by atoms with Crippen molar-refractivity contribution in [1.29, 1.82) is 0 Å². The van der Waals surface area contributed by atoms with E-state index in [2.05, 4.69) is 11.2 Å². The second-order valence-electron chi connectivity index (χ2n) is 4.58. The molecule has 2 atom stereocenters. The molecule has 1 aliphatic rings. The predicted molar refractivity (Wildman–Crippen MR) is 54.7 cm³/mol. The fourth-order valence-electron chi connectivity index (χ4n) is 2.83. The van der Waals surface area contributed by atoms with Gasteiger partial charge in [0.15, 0.2) is 0 Å². The van der Waals surface area contributed by atoms with E-state index in [4.69, 9.17) is 5.90 Å². The highest BCUT2D eigenvalue weighted by Crippen LogP contribution is 2.37. The average molecular weight is 221 g/mol. The standard InChI is InChI=1S/C9H19NO3S/c1-6-4-7(2)9(8(3)5-6)14(11,12)13-10/h6-9H,4-5,10H2,1-3H3.